The van der Waals surface area contributed by atoms with Gasteiger partial charge in [-0.25, -0.2) is 18.7 Å². The highest BCUT2D eigenvalue weighted by Gasteiger charge is 2.14. The first kappa shape index (κ1) is 17.6. The van der Waals surface area contributed by atoms with Crippen molar-refractivity contribution in [2.45, 2.75) is 13.0 Å². The first-order valence-corrected chi connectivity index (χ1v) is 8.35. The van der Waals surface area contributed by atoms with Crippen LogP contribution >= 0.6 is 0 Å². The molecule has 0 fully saturated rings. The summed E-state index contributed by atoms with van der Waals surface area (Å²) in [5.74, 6) is 0.342. The van der Waals surface area contributed by atoms with Gasteiger partial charge in [0.25, 0.3) is 0 Å². The summed E-state index contributed by atoms with van der Waals surface area (Å²) in [6.45, 7) is 1.72. The van der Waals surface area contributed by atoms with E-state index in [1.54, 1.807) is 31.4 Å². The molecule has 0 bridgehead atoms. The van der Waals surface area contributed by atoms with E-state index in [-0.39, 0.29) is 11.9 Å². The van der Waals surface area contributed by atoms with Crippen molar-refractivity contribution >= 4 is 17.7 Å². The molecule has 0 spiro atoms. The summed E-state index contributed by atoms with van der Waals surface area (Å²) in [4.78, 5) is 12.3. The minimum atomic E-state index is -0.644. The highest BCUT2D eigenvalue weighted by atomic mass is 19.1. The number of nitrogens with zero attached hydrogens (tertiary/aromatic N) is 4. The number of aromatic amines is 1. The zero-order valence-electron chi connectivity index (χ0n) is 14.6. The van der Waals surface area contributed by atoms with Crippen LogP contribution in [0.4, 0.5) is 26.5 Å². The molecule has 0 aliphatic carbocycles. The summed E-state index contributed by atoms with van der Waals surface area (Å²) < 4.78 is 32.3. The molecule has 1 unspecified atom stereocenters. The smallest absolute Gasteiger partial charge is 0.233 e. The number of hydrogen-bond acceptors (Lipinski definition) is 7. The SMILES string of the molecule is CC(Nc1ncnc(Nc2cc(-c3ccco3)[nH]n2)n1)c1ccc(F)cc1F. The van der Waals surface area contributed by atoms with Gasteiger partial charge in [0.2, 0.25) is 11.9 Å². The number of hydrogen-bond donors (Lipinski definition) is 3. The zero-order valence-corrected chi connectivity index (χ0v) is 14.6. The van der Waals surface area contributed by atoms with Crippen molar-refractivity contribution in [3.05, 3.63) is 66.2 Å². The molecule has 0 aliphatic rings. The summed E-state index contributed by atoms with van der Waals surface area (Å²) in [5, 5.41) is 12.9. The van der Waals surface area contributed by atoms with Gasteiger partial charge in [-0.3, -0.25) is 5.10 Å². The molecule has 4 aromatic rings. The van der Waals surface area contributed by atoms with Gasteiger partial charge in [-0.2, -0.15) is 10.1 Å². The molecule has 4 rings (SSSR count). The molecule has 0 saturated carbocycles. The van der Waals surface area contributed by atoms with Crippen LogP contribution < -0.4 is 10.6 Å². The van der Waals surface area contributed by atoms with Crippen molar-refractivity contribution < 1.29 is 13.2 Å². The molecule has 0 amide bonds. The largest absolute Gasteiger partial charge is 0.463 e. The van der Waals surface area contributed by atoms with Gasteiger partial charge in [0.1, 0.15) is 23.7 Å². The topological polar surface area (TPSA) is 105 Å². The van der Waals surface area contributed by atoms with Gasteiger partial charge in [0.05, 0.1) is 12.3 Å². The molecular weight excluding hydrogens is 368 g/mol. The third-order valence-electron chi connectivity index (χ3n) is 3.95. The fourth-order valence-electron chi connectivity index (χ4n) is 2.61. The molecule has 0 saturated heterocycles. The van der Waals surface area contributed by atoms with Crippen LogP contribution in [0.25, 0.3) is 11.5 Å². The Kier molecular flexibility index (Phi) is 4.67. The van der Waals surface area contributed by atoms with Crippen molar-refractivity contribution in [3.63, 3.8) is 0 Å². The van der Waals surface area contributed by atoms with E-state index in [0.717, 1.165) is 6.07 Å². The van der Waals surface area contributed by atoms with Crippen LogP contribution in [0.3, 0.4) is 0 Å². The summed E-state index contributed by atoms with van der Waals surface area (Å²) in [6, 6.07) is 8.25. The lowest BCUT2D eigenvalue weighted by atomic mass is 10.1. The maximum absolute atomic E-state index is 13.9. The third kappa shape index (κ3) is 3.80. The third-order valence-corrected chi connectivity index (χ3v) is 3.95. The van der Waals surface area contributed by atoms with Gasteiger partial charge in [0, 0.05) is 17.7 Å². The van der Waals surface area contributed by atoms with Gasteiger partial charge >= 0.3 is 0 Å². The summed E-state index contributed by atoms with van der Waals surface area (Å²) >= 11 is 0. The summed E-state index contributed by atoms with van der Waals surface area (Å²) in [7, 11) is 0. The highest BCUT2D eigenvalue weighted by Crippen LogP contribution is 2.23. The second kappa shape index (κ2) is 7.43. The first-order chi connectivity index (χ1) is 13.6. The van der Waals surface area contributed by atoms with E-state index in [2.05, 4.69) is 35.8 Å². The number of benzene rings is 1. The molecule has 1 atom stereocenters. The number of furan rings is 1. The minimum absolute atomic E-state index is 0.232. The number of anilines is 3. The Labute approximate surface area is 158 Å². The van der Waals surface area contributed by atoms with Gasteiger partial charge in [-0.15, -0.1) is 0 Å². The Morgan fingerprint density at radius 1 is 1.11 bits per heavy atom. The molecule has 0 aliphatic heterocycles. The maximum Gasteiger partial charge on any atom is 0.233 e. The van der Waals surface area contributed by atoms with Crippen molar-refractivity contribution in [2.24, 2.45) is 0 Å². The second-order valence-corrected chi connectivity index (χ2v) is 5.93. The lowest BCUT2D eigenvalue weighted by molar-refractivity contribution is 0.566. The predicted molar refractivity (Wildman–Crippen MR) is 97.8 cm³/mol. The Morgan fingerprint density at radius 2 is 1.96 bits per heavy atom. The van der Waals surface area contributed by atoms with Crippen LogP contribution in [0.15, 0.2) is 53.4 Å². The van der Waals surface area contributed by atoms with E-state index in [9.17, 15) is 8.78 Å². The Bertz CT molecular complexity index is 1080. The first-order valence-electron chi connectivity index (χ1n) is 8.35. The molecular formula is C18H15F2N7O. The maximum atomic E-state index is 13.9. The number of rotatable bonds is 6. The number of H-pyrrole nitrogens is 1. The zero-order chi connectivity index (χ0) is 19.5. The molecule has 8 nitrogen and oxygen atoms in total. The normalized spacial score (nSPS) is 12.0. The Hall–Kier alpha value is -3.82. The van der Waals surface area contributed by atoms with Gasteiger partial charge < -0.3 is 15.1 Å². The molecule has 142 valence electrons. The molecule has 3 heterocycles. The summed E-state index contributed by atoms with van der Waals surface area (Å²) in [6.07, 6.45) is 2.88. The van der Waals surface area contributed by atoms with Crippen LogP contribution in [0.2, 0.25) is 0 Å². The molecule has 10 heteroatoms. The molecule has 0 radical (unpaired) electrons. The van der Waals surface area contributed by atoms with Crippen LogP contribution in [0.1, 0.15) is 18.5 Å². The molecule has 3 N–H and O–H groups in total. The Morgan fingerprint density at radius 3 is 2.75 bits per heavy atom. The van der Waals surface area contributed by atoms with Gasteiger partial charge in [-0.1, -0.05) is 6.07 Å². The van der Waals surface area contributed by atoms with Crippen molar-refractivity contribution in [1.29, 1.82) is 0 Å². The quantitative estimate of drug-likeness (QED) is 0.461. The number of nitrogens with one attached hydrogen (secondary N) is 3. The number of aromatic nitrogens is 5. The molecule has 28 heavy (non-hydrogen) atoms. The van der Waals surface area contributed by atoms with Crippen molar-refractivity contribution in [3.8, 4) is 11.5 Å². The standard InChI is InChI=1S/C18H15F2N7O/c1-10(12-5-4-11(19)7-13(12)20)23-17-21-9-22-18(25-17)24-16-8-14(26-27-16)15-3-2-6-28-15/h2-10H,1H3,(H3,21,22,23,24,25,26,27). The van der Waals surface area contributed by atoms with Gasteiger partial charge in [0.15, 0.2) is 11.6 Å². The van der Waals surface area contributed by atoms with E-state index in [4.69, 9.17) is 4.42 Å². The summed E-state index contributed by atoms with van der Waals surface area (Å²) in [5.41, 5.74) is 0.993. The Balaban J connectivity index is 1.47. The van der Waals surface area contributed by atoms with Gasteiger partial charge in [-0.05, 0) is 25.1 Å². The van der Waals surface area contributed by atoms with Crippen LogP contribution in [-0.2, 0) is 0 Å². The monoisotopic (exact) mass is 383 g/mol. The van der Waals surface area contributed by atoms with Crippen molar-refractivity contribution in [2.75, 3.05) is 10.6 Å². The fourth-order valence-corrected chi connectivity index (χ4v) is 2.61. The molecule has 1 aromatic carbocycles. The predicted octanol–water partition coefficient (Wildman–Crippen LogP) is 4.05. The van der Waals surface area contributed by atoms with Crippen LogP contribution in [-0.4, -0.2) is 25.1 Å². The molecule has 3 aromatic heterocycles. The van der Waals surface area contributed by atoms with E-state index >= 15 is 0 Å². The average molecular weight is 383 g/mol. The van der Waals surface area contributed by atoms with Crippen LogP contribution in [0.5, 0.6) is 0 Å². The highest BCUT2D eigenvalue weighted by molar-refractivity contribution is 5.60. The fraction of sp³-hybridized carbons (Fsp3) is 0.111. The van der Waals surface area contributed by atoms with Crippen molar-refractivity contribution in [1.82, 2.24) is 25.1 Å². The number of halogens is 2. The lowest BCUT2D eigenvalue weighted by Crippen LogP contribution is -2.12. The average Bonchev–Trinajstić information content (AvgIpc) is 3.33. The van der Waals surface area contributed by atoms with E-state index < -0.39 is 17.7 Å². The van der Waals surface area contributed by atoms with Crippen LogP contribution in [0, 0.1) is 11.6 Å². The lowest BCUT2D eigenvalue weighted by Gasteiger charge is -2.15. The second-order valence-electron chi connectivity index (χ2n) is 5.93. The van der Waals surface area contributed by atoms with E-state index in [1.165, 1.54) is 18.5 Å². The van der Waals surface area contributed by atoms with E-state index in [1.807, 2.05) is 0 Å². The minimum Gasteiger partial charge on any atom is -0.463 e. The van der Waals surface area contributed by atoms with E-state index in [0.29, 0.717) is 22.8 Å².